The van der Waals surface area contributed by atoms with Gasteiger partial charge in [-0.1, -0.05) is 48.0 Å². The third-order valence-corrected chi connectivity index (χ3v) is 5.86. The van der Waals surface area contributed by atoms with Crippen LogP contribution >= 0.6 is 35.6 Å². The number of nitrogens with zero attached hydrogens (tertiary/aromatic N) is 4. The SMILES string of the molecule is CN=C(NCc1nccn1CCc1ccccc1)NC1CCN(c2cccc(Cl)c2)C1.I. The molecule has 2 heterocycles. The average Bonchev–Trinajstić information content (AvgIpc) is 3.45. The lowest BCUT2D eigenvalue weighted by molar-refractivity contribution is 0.618. The zero-order valence-corrected chi connectivity index (χ0v) is 21.3. The molecule has 2 N–H and O–H groups in total. The number of halogens is 2. The fourth-order valence-electron chi connectivity index (χ4n) is 3.94. The fraction of sp³-hybridized carbons (Fsp3) is 0.333. The van der Waals surface area contributed by atoms with Crippen LogP contribution in [-0.2, 0) is 19.5 Å². The molecule has 1 aliphatic heterocycles. The number of imidazole rings is 1. The Balaban J connectivity index is 0.00000289. The van der Waals surface area contributed by atoms with Crippen LogP contribution in [0.25, 0.3) is 0 Å². The zero-order valence-electron chi connectivity index (χ0n) is 18.2. The molecule has 0 radical (unpaired) electrons. The maximum atomic E-state index is 6.15. The lowest BCUT2D eigenvalue weighted by Crippen LogP contribution is -2.44. The van der Waals surface area contributed by atoms with Gasteiger partial charge in [0.1, 0.15) is 5.82 Å². The third-order valence-electron chi connectivity index (χ3n) is 5.63. The smallest absolute Gasteiger partial charge is 0.191 e. The van der Waals surface area contributed by atoms with E-state index in [0.29, 0.717) is 12.6 Å². The van der Waals surface area contributed by atoms with Crippen LogP contribution in [0.3, 0.4) is 0 Å². The predicted octanol–water partition coefficient (Wildman–Crippen LogP) is 4.34. The first-order valence-corrected chi connectivity index (χ1v) is 11.1. The van der Waals surface area contributed by atoms with Crippen molar-refractivity contribution < 1.29 is 0 Å². The van der Waals surface area contributed by atoms with E-state index in [9.17, 15) is 0 Å². The molecular formula is C24H30ClIN6. The largest absolute Gasteiger partial charge is 0.369 e. The highest BCUT2D eigenvalue weighted by atomic mass is 127. The monoisotopic (exact) mass is 564 g/mol. The highest BCUT2D eigenvalue weighted by molar-refractivity contribution is 14.0. The van der Waals surface area contributed by atoms with Crippen LogP contribution in [0.15, 0.2) is 72.0 Å². The summed E-state index contributed by atoms with van der Waals surface area (Å²) in [5.74, 6) is 1.81. The third kappa shape index (κ3) is 6.62. The van der Waals surface area contributed by atoms with Gasteiger partial charge >= 0.3 is 0 Å². The number of benzene rings is 2. The van der Waals surface area contributed by atoms with Gasteiger partial charge in [0.15, 0.2) is 5.96 Å². The molecule has 1 aromatic heterocycles. The van der Waals surface area contributed by atoms with E-state index in [1.54, 1.807) is 7.05 Å². The van der Waals surface area contributed by atoms with E-state index in [4.69, 9.17) is 11.6 Å². The highest BCUT2D eigenvalue weighted by Crippen LogP contribution is 2.23. The second-order valence-corrected chi connectivity index (χ2v) is 8.19. The van der Waals surface area contributed by atoms with Gasteiger partial charge in [-0.2, -0.15) is 0 Å². The van der Waals surface area contributed by atoms with Gasteiger partial charge in [-0.15, -0.1) is 24.0 Å². The van der Waals surface area contributed by atoms with Crippen LogP contribution in [0.1, 0.15) is 17.8 Å². The molecule has 1 unspecified atom stereocenters. The maximum absolute atomic E-state index is 6.15. The molecule has 0 saturated carbocycles. The quantitative estimate of drug-likeness (QED) is 0.255. The molecule has 0 amide bonds. The summed E-state index contributed by atoms with van der Waals surface area (Å²) in [5, 5.41) is 7.74. The first-order valence-electron chi connectivity index (χ1n) is 10.7. The van der Waals surface area contributed by atoms with Crippen LogP contribution in [0.4, 0.5) is 5.69 Å². The summed E-state index contributed by atoms with van der Waals surface area (Å²) in [7, 11) is 1.81. The van der Waals surface area contributed by atoms with E-state index in [0.717, 1.165) is 49.3 Å². The van der Waals surface area contributed by atoms with Crippen molar-refractivity contribution >= 4 is 47.2 Å². The summed E-state index contributed by atoms with van der Waals surface area (Å²) in [6.45, 7) is 3.46. The Kier molecular flexibility index (Phi) is 9.23. The number of guanidine groups is 1. The minimum absolute atomic E-state index is 0. The molecule has 170 valence electrons. The molecule has 6 nitrogen and oxygen atoms in total. The van der Waals surface area contributed by atoms with E-state index in [1.165, 1.54) is 11.3 Å². The van der Waals surface area contributed by atoms with Crippen molar-refractivity contribution in [2.24, 2.45) is 4.99 Å². The number of rotatable bonds is 7. The van der Waals surface area contributed by atoms with Gasteiger partial charge in [0.2, 0.25) is 0 Å². The average molecular weight is 565 g/mol. The molecular weight excluding hydrogens is 535 g/mol. The molecule has 3 aromatic rings. The Morgan fingerprint density at radius 1 is 1.19 bits per heavy atom. The molecule has 1 aliphatic rings. The number of anilines is 1. The van der Waals surface area contributed by atoms with Crippen LogP contribution in [0.2, 0.25) is 5.02 Å². The molecule has 1 fully saturated rings. The van der Waals surface area contributed by atoms with Crippen molar-refractivity contribution in [3.05, 3.63) is 83.4 Å². The Bertz CT molecular complexity index is 1010. The molecule has 4 rings (SSSR count). The number of nitrogens with one attached hydrogen (secondary N) is 2. The van der Waals surface area contributed by atoms with E-state index in [-0.39, 0.29) is 24.0 Å². The second kappa shape index (κ2) is 12.1. The summed E-state index contributed by atoms with van der Waals surface area (Å²) < 4.78 is 2.20. The van der Waals surface area contributed by atoms with Gasteiger partial charge in [0.05, 0.1) is 6.54 Å². The van der Waals surface area contributed by atoms with Crippen molar-refractivity contribution in [3.63, 3.8) is 0 Å². The molecule has 0 spiro atoms. The van der Waals surface area contributed by atoms with Crippen molar-refractivity contribution in [2.45, 2.75) is 32.0 Å². The molecule has 1 saturated heterocycles. The van der Waals surface area contributed by atoms with Gasteiger partial charge in [-0.3, -0.25) is 4.99 Å². The Hall–Kier alpha value is -2.26. The maximum Gasteiger partial charge on any atom is 0.191 e. The van der Waals surface area contributed by atoms with Crippen molar-refractivity contribution in [1.29, 1.82) is 0 Å². The lowest BCUT2D eigenvalue weighted by Gasteiger charge is -2.20. The highest BCUT2D eigenvalue weighted by Gasteiger charge is 2.23. The first-order chi connectivity index (χ1) is 15.2. The second-order valence-electron chi connectivity index (χ2n) is 7.75. The first kappa shape index (κ1) is 24.4. The Morgan fingerprint density at radius 2 is 2.03 bits per heavy atom. The number of hydrogen-bond acceptors (Lipinski definition) is 3. The summed E-state index contributed by atoms with van der Waals surface area (Å²) in [6.07, 6.45) is 5.94. The summed E-state index contributed by atoms with van der Waals surface area (Å²) in [4.78, 5) is 11.3. The topological polar surface area (TPSA) is 57.5 Å². The van der Waals surface area contributed by atoms with Gasteiger partial charge in [0.25, 0.3) is 0 Å². The van der Waals surface area contributed by atoms with Gasteiger partial charge in [0, 0.05) is 55.8 Å². The fourth-order valence-corrected chi connectivity index (χ4v) is 4.13. The Labute approximate surface area is 212 Å². The van der Waals surface area contributed by atoms with Crippen molar-refractivity contribution in [2.75, 3.05) is 25.0 Å². The van der Waals surface area contributed by atoms with E-state index < -0.39 is 0 Å². The normalized spacial score (nSPS) is 16.0. The summed E-state index contributed by atoms with van der Waals surface area (Å²) in [5.41, 5.74) is 2.50. The number of aromatic nitrogens is 2. The Morgan fingerprint density at radius 3 is 2.81 bits per heavy atom. The lowest BCUT2D eigenvalue weighted by atomic mass is 10.1. The molecule has 1 atom stereocenters. The van der Waals surface area contributed by atoms with Crippen LogP contribution in [0, 0.1) is 0 Å². The van der Waals surface area contributed by atoms with Crippen LogP contribution in [-0.4, -0.2) is 41.7 Å². The van der Waals surface area contributed by atoms with Crippen molar-refractivity contribution in [1.82, 2.24) is 20.2 Å². The van der Waals surface area contributed by atoms with Gasteiger partial charge in [-0.25, -0.2) is 4.98 Å². The van der Waals surface area contributed by atoms with Crippen LogP contribution in [0.5, 0.6) is 0 Å². The van der Waals surface area contributed by atoms with Gasteiger partial charge in [-0.05, 0) is 36.6 Å². The number of aryl methyl sites for hydroxylation is 2. The minimum Gasteiger partial charge on any atom is -0.369 e. The zero-order chi connectivity index (χ0) is 21.5. The van der Waals surface area contributed by atoms with E-state index >= 15 is 0 Å². The summed E-state index contributed by atoms with van der Waals surface area (Å²) in [6, 6.07) is 18.9. The van der Waals surface area contributed by atoms with Crippen LogP contribution < -0.4 is 15.5 Å². The minimum atomic E-state index is 0. The standard InChI is InChI=1S/C24H29ClN6.HI/c1-26-24(29-21-11-14-31(18-21)22-9-5-8-20(25)16-22)28-17-23-27-12-15-30(23)13-10-19-6-3-2-4-7-19;/h2-9,12,15-16,21H,10-11,13-14,17-18H2,1H3,(H2,26,28,29);1H. The molecule has 0 aliphatic carbocycles. The van der Waals surface area contributed by atoms with E-state index in [1.807, 2.05) is 36.7 Å². The molecule has 0 bridgehead atoms. The molecule has 32 heavy (non-hydrogen) atoms. The molecule has 8 heteroatoms. The van der Waals surface area contributed by atoms with Crippen molar-refractivity contribution in [3.8, 4) is 0 Å². The number of aliphatic imine (C=N–C) groups is 1. The number of hydrogen-bond donors (Lipinski definition) is 2. The predicted molar refractivity (Wildman–Crippen MR) is 143 cm³/mol. The summed E-state index contributed by atoms with van der Waals surface area (Å²) >= 11 is 6.15. The van der Waals surface area contributed by atoms with Gasteiger partial charge < -0.3 is 20.1 Å². The van der Waals surface area contributed by atoms with E-state index in [2.05, 4.69) is 60.4 Å². The molecule has 2 aromatic carbocycles.